The smallest absolute Gasteiger partial charge is 0.265 e. The number of para-hydroxylation sites is 1. The van der Waals surface area contributed by atoms with Crippen LogP contribution < -0.4 is 14.8 Å². The summed E-state index contributed by atoms with van der Waals surface area (Å²) in [6.45, 7) is 3.19. The predicted molar refractivity (Wildman–Crippen MR) is 108 cm³/mol. The Kier molecular flexibility index (Phi) is 6.53. The van der Waals surface area contributed by atoms with E-state index in [-0.39, 0.29) is 11.8 Å². The number of methoxy groups -OCH3 is 1. The molecule has 1 atom stereocenters. The molecule has 1 saturated heterocycles. The van der Waals surface area contributed by atoms with Gasteiger partial charge in [-0.15, -0.1) is 0 Å². The van der Waals surface area contributed by atoms with Crippen LogP contribution in [0.4, 0.5) is 5.69 Å². The van der Waals surface area contributed by atoms with E-state index < -0.39 is 6.10 Å². The molecule has 6 nitrogen and oxygen atoms in total. The van der Waals surface area contributed by atoms with Crippen molar-refractivity contribution in [3.8, 4) is 11.5 Å². The third kappa shape index (κ3) is 4.82. The molecule has 2 aromatic carbocycles. The number of likely N-dealkylation sites (tertiary alicyclic amines) is 1. The zero-order chi connectivity index (χ0) is 19.9. The van der Waals surface area contributed by atoms with Crippen LogP contribution in [-0.4, -0.2) is 43.0 Å². The summed E-state index contributed by atoms with van der Waals surface area (Å²) < 4.78 is 10.9. The fourth-order valence-corrected chi connectivity index (χ4v) is 3.21. The van der Waals surface area contributed by atoms with Gasteiger partial charge in [0.2, 0.25) is 0 Å². The molecule has 148 valence electrons. The van der Waals surface area contributed by atoms with Gasteiger partial charge in [-0.05, 0) is 50.5 Å². The minimum Gasteiger partial charge on any atom is -0.497 e. The molecule has 1 N–H and O–H groups in total. The van der Waals surface area contributed by atoms with Gasteiger partial charge >= 0.3 is 0 Å². The van der Waals surface area contributed by atoms with E-state index >= 15 is 0 Å². The van der Waals surface area contributed by atoms with Crippen molar-refractivity contribution in [1.82, 2.24) is 4.90 Å². The minimum absolute atomic E-state index is 0.0445. The zero-order valence-electron chi connectivity index (χ0n) is 16.3. The van der Waals surface area contributed by atoms with E-state index in [1.807, 2.05) is 11.0 Å². The van der Waals surface area contributed by atoms with Crippen LogP contribution in [0.1, 0.15) is 36.5 Å². The van der Waals surface area contributed by atoms with Gasteiger partial charge in [0, 0.05) is 19.2 Å². The van der Waals surface area contributed by atoms with Crippen molar-refractivity contribution in [3.05, 3.63) is 54.1 Å². The summed E-state index contributed by atoms with van der Waals surface area (Å²) in [7, 11) is 1.57. The molecule has 6 heteroatoms. The maximum Gasteiger partial charge on any atom is 0.265 e. The fraction of sp³-hybridized carbons (Fsp3) is 0.364. The van der Waals surface area contributed by atoms with Crippen molar-refractivity contribution in [2.45, 2.75) is 32.3 Å². The highest BCUT2D eigenvalue weighted by Crippen LogP contribution is 2.22. The van der Waals surface area contributed by atoms with E-state index in [2.05, 4.69) is 5.32 Å². The maximum absolute atomic E-state index is 12.9. The van der Waals surface area contributed by atoms with E-state index in [0.29, 0.717) is 22.7 Å². The Hall–Kier alpha value is -3.02. The van der Waals surface area contributed by atoms with Gasteiger partial charge in [-0.1, -0.05) is 18.2 Å². The van der Waals surface area contributed by atoms with Gasteiger partial charge in [0.1, 0.15) is 11.5 Å². The third-order valence-corrected chi connectivity index (χ3v) is 4.78. The average Bonchev–Trinajstić information content (AvgIpc) is 2.74. The number of carbonyl (C=O) groups is 2. The lowest BCUT2D eigenvalue weighted by atomic mass is 10.1. The van der Waals surface area contributed by atoms with Gasteiger partial charge in [-0.2, -0.15) is 0 Å². The lowest BCUT2D eigenvalue weighted by Crippen LogP contribution is -2.36. The van der Waals surface area contributed by atoms with Gasteiger partial charge in [-0.25, -0.2) is 0 Å². The van der Waals surface area contributed by atoms with Crippen molar-refractivity contribution in [2.24, 2.45) is 0 Å². The molecule has 0 aromatic heterocycles. The second kappa shape index (κ2) is 9.26. The molecule has 0 saturated carbocycles. The Balaban J connectivity index is 1.68. The topological polar surface area (TPSA) is 67.9 Å². The number of rotatable bonds is 6. The predicted octanol–water partition coefficient (Wildman–Crippen LogP) is 3.73. The summed E-state index contributed by atoms with van der Waals surface area (Å²) in [5.74, 6) is 0.834. The number of ether oxygens (including phenoxy) is 2. The zero-order valence-corrected chi connectivity index (χ0v) is 16.3. The Bertz CT molecular complexity index is 831. The first kappa shape index (κ1) is 19.7. The number of nitrogens with zero attached hydrogens (tertiary/aromatic N) is 1. The molecule has 2 aromatic rings. The van der Waals surface area contributed by atoms with Crippen LogP contribution in [0.5, 0.6) is 11.5 Å². The first-order valence-electron chi connectivity index (χ1n) is 9.58. The third-order valence-electron chi connectivity index (χ3n) is 4.78. The lowest BCUT2D eigenvalue weighted by molar-refractivity contribution is -0.122. The molecule has 1 fully saturated rings. The van der Waals surface area contributed by atoms with Crippen molar-refractivity contribution < 1.29 is 19.1 Å². The monoisotopic (exact) mass is 382 g/mol. The van der Waals surface area contributed by atoms with Crippen molar-refractivity contribution >= 4 is 17.5 Å². The molecule has 1 unspecified atom stereocenters. The van der Waals surface area contributed by atoms with Crippen molar-refractivity contribution in [1.29, 1.82) is 0 Å². The van der Waals surface area contributed by atoms with Crippen LogP contribution in [-0.2, 0) is 4.79 Å². The average molecular weight is 382 g/mol. The molecular weight excluding hydrogens is 356 g/mol. The molecule has 0 aliphatic carbocycles. The number of carbonyl (C=O) groups excluding carboxylic acids is 2. The molecule has 0 radical (unpaired) electrons. The molecule has 1 aliphatic rings. The second-order valence-corrected chi connectivity index (χ2v) is 6.83. The van der Waals surface area contributed by atoms with E-state index in [0.717, 1.165) is 32.4 Å². The highest BCUT2D eigenvalue weighted by molar-refractivity contribution is 6.04. The highest BCUT2D eigenvalue weighted by Gasteiger charge is 2.23. The van der Waals surface area contributed by atoms with Gasteiger partial charge in [-0.3, -0.25) is 9.59 Å². The number of benzene rings is 2. The number of anilines is 1. The summed E-state index contributed by atoms with van der Waals surface area (Å²) >= 11 is 0. The largest absolute Gasteiger partial charge is 0.497 e. The van der Waals surface area contributed by atoms with Gasteiger partial charge in [0.15, 0.2) is 6.10 Å². The molecule has 28 heavy (non-hydrogen) atoms. The summed E-state index contributed by atoms with van der Waals surface area (Å²) in [6, 6.07) is 14.2. The SMILES string of the molecule is COc1cccc(OC(C)C(=O)Nc2ccccc2C(=O)N2CCCCC2)c1. The van der Waals surface area contributed by atoms with Crippen molar-refractivity contribution in [2.75, 3.05) is 25.5 Å². The Morgan fingerprint density at radius 1 is 1.00 bits per heavy atom. The molecule has 0 bridgehead atoms. The van der Waals surface area contributed by atoms with Gasteiger partial charge < -0.3 is 19.7 Å². The number of hydrogen-bond acceptors (Lipinski definition) is 4. The van der Waals surface area contributed by atoms with Crippen LogP contribution in [0.3, 0.4) is 0 Å². The molecule has 0 spiro atoms. The van der Waals surface area contributed by atoms with E-state index in [1.165, 1.54) is 0 Å². The Morgan fingerprint density at radius 3 is 2.46 bits per heavy atom. The van der Waals surface area contributed by atoms with Crippen LogP contribution >= 0.6 is 0 Å². The fourth-order valence-electron chi connectivity index (χ4n) is 3.21. The van der Waals surface area contributed by atoms with Crippen molar-refractivity contribution in [3.63, 3.8) is 0 Å². The normalized spacial score (nSPS) is 14.9. The molecule has 2 amide bonds. The minimum atomic E-state index is -0.731. The highest BCUT2D eigenvalue weighted by atomic mass is 16.5. The van der Waals surface area contributed by atoms with E-state index in [9.17, 15) is 9.59 Å². The number of nitrogens with one attached hydrogen (secondary N) is 1. The Labute approximate surface area is 165 Å². The van der Waals surface area contributed by atoms with Gasteiger partial charge in [0.25, 0.3) is 11.8 Å². The van der Waals surface area contributed by atoms with Crippen LogP contribution in [0.15, 0.2) is 48.5 Å². The Morgan fingerprint density at radius 2 is 1.71 bits per heavy atom. The molecule has 1 aliphatic heterocycles. The first-order valence-corrected chi connectivity index (χ1v) is 9.58. The first-order chi connectivity index (χ1) is 13.6. The summed E-state index contributed by atoms with van der Waals surface area (Å²) in [5.41, 5.74) is 1.01. The standard InChI is InChI=1S/C22H26N2O4/c1-16(28-18-10-8-9-17(15-18)27-2)21(25)23-20-12-5-4-11-19(20)22(26)24-13-6-3-7-14-24/h4-5,8-12,15-16H,3,6-7,13-14H2,1-2H3,(H,23,25). The molecule has 1 heterocycles. The van der Waals surface area contributed by atoms with Crippen LogP contribution in [0.2, 0.25) is 0 Å². The number of hydrogen-bond donors (Lipinski definition) is 1. The maximum atomic E-state index is 12.9. The number of amides is 2. The summed E-state index contributed by atoms with van der Waals surface area (Å²) in [4.78, 5) is 27.3. The summed E-state index contributed by atoms with van der Waals surface area (Å²) in [6.07, 6.45) is 2.46. The van der Waals surface area contributed by atoms with Crippen LogP contribution in [0.25, 0.3) is 0 Å². The van der Waals surface area contributed by atoms with E-state index in [1.54, 1.807) is 56.5 Å². The van der Waals surface area contributed by atoms with Crippen LogP contribution in [0, 0.1) is 0 Å². The lowest BCUT2D eigenvalue weighted by Gasteiger charge is -2.27. The number of piperidine rings is 1. The summed E-state index contributed by atoms with van der Waals surface area (Å²) in [5, 5.41) is 2.84. The molecular formula is C22H26N2O4. The quantitative estimate of drug-likeness (QED) is 0.827. The van der Waals surface area contributed by atoms with Gasteiger partial charge in [0.05, 0.1) is 18.4 Å². The molecule has 3 rings (SSSR count). The van der Waals surface area contributed by atoms with E-state index in [4.69, 9.17) is 9.47 Å². The second-order valence-electron chi connectivity index (χ2n) is 6.83.